The maximum absolute atomic E-state index is 13.2. The van der Waals surface area contributed by atoms with Gasteiger partial charge >= 0.3 is 0 Å². The summed E-state index contributed by atoms with van der Waals surface area (Å²) in [4.78, 5) is 11.7. The van der Waals surface area contributed by atoms with E-state index in [-0.39, 0.29) is 12.5 Å². The molecule has 0 saturated heterocycles. The normalized spacial score (nSPS) is 11.1. The average molecular weight is 440 g/mol. The van der Waals surface area contributed by atoms with Crippen molar-refractivity contribution in [1.29, 1.82) is 0 Å². The van der Waals surface area contributed by atoms with Gasteiger partial charge in [-0.15, -0.1) is 0 Å². The molecule has 1 heterocycles. The smallest absolute Gasteiger partial charge is 0.154 e. The van der Waals surface area contributed by atoms with E-state index in [1.165, 1.54) is 24.1 Å². The van der Waals surface area contributed by atoms with Crippen LogP contribution in [-0.2, 0) is 0 Å². The van der Waals surface area contributed by atoms with Crippen LogP contribution >= 0.6 is 27.9 Å². The fraction of sp³-hybridized carbons (Fsp3) is 0.211. The third kappa shape index (κ3) is 3.64. The fourth-order valence-electron chi connectivity index (χ4n) is 2.76. The quantitative estimate of drug-likeness (QED) is 0.321. The summed E-state index contributed by atoms with van der Waals surface area (Å²) in [5, 5.41) is 0.668. The Morgan fingerprint density at radius 2 is 2.00 bits per heavy atom. The van der Waals surface area contributed by atoms with Gasteiger partial charge in [0.1, 0.15) is 17.2 Å². The third-order valence-electron chi connectivity index (χ3n) is 4.00. The van der Waals surface area contributed by atoms with Gasteiger partial charge in [-0.25, -0.2) is 4.39 Å². The number of carbonyl (C=O) groups is 1. The molecule has 26 heavy (non-hydrogen) atoms. The lowest BCUT2D eigenvalue weighted by atomic mass is 10.1. The van der Waals surface area contributed by atoms with E-state index in [1.54, 1.807) is 12.1 Å². The SMILES string of the molecule is CSN(CCCF)c1cc2oc(-c3ccc(F)cc3)c(C=O)c2cc1Br. The molecule has 0 aliphatic rings. The van der Waals surface area contributed by atoms with Crippen LogP contribution in [0.4, 0.5) is 14.5 Å². The molecular formula is C19H16BrF2NO2S. The molecule has 0 spiro atoms. The average Bonchev–Trinajstić information content (AvgIpc) is 3.00. The van der Waals surface area contributed by atoms with Crippen molar-refractivity contribution in [3.05, 3.63) is 52.3 Å². The molecule has 0 unspecified atom stereocenters. The summed E-state index contributed by atoms with van der Waals surface area (Å²) in [5.74, 6) is 0.0459. The van der Waals surface area contributed by atoms with Crippen molar-refractivity contribution in [3.63, 3.8) is 0 Å². The number of carbonyl (C=O) groups excluding carboxylic acids is 1. The van der Waals surface area contributed by atoms with Crippen LogP contribution in [0.15, 0.2) is 45.3 Å². The number of hydrogen-bond acceptors (Lipinski definition) is 4. The molecule has 0 fully saturated rings. The van der Waals surface area contributed by atoms with E-state index in [4.69, 9.17) is 4.42 Å². The van der Waals surface area contributed by atoms with Gasteiger partial charge in [0.25, 0.3) is 0 Å². The van der Waals surface area contributed by atoms with Gasteiger partial charge in [-0.3, -0.25) is 9.18 Å². The first-order valence-corrected chi connectivity index (χ1v) is 9.91. The highest BCUT2D eigenvalue weighted by Crippen LogP contribution is 2.39. The monoisotopic (exact) mass is 439 g/mol. The predicted molar refractivity (Wildman–Crippen MR) is 106 cm³/mol. The summed E-state index contributed by atoms with van der Waals surface area (Å²) in [6, 6.07) is 9.45. The first-order chi connectivity index (χ1) is 12.6. The molecule has 3 rings (SSSR count). The van der Waals surface area contributed by atoms with Gasteiger partial charge in [-0.2, -0.15) is 0 Å². The van der Waals surface area contributed by atoms with E-state index in [9.17, 15) is 13.6 Å². The van der Waals surface area contributed by atoms with Gasteiger partial charge in [0, 0.05) is 34.3 Å². The van der Waals surface area contributed by atoms with Crippen LogP contribution in [0, 0.1) is 5.82 Å². The number of hydrogen-bond donors (Lipinski definition) is 0. The molecule has 1 aromatic heterocycles. The molecule has 0 N–H and O–H groups in total. The number of anilines is 1. The molecule has 0 aliphatic heterocycles. The number of fused-ring (bicyclic) bond motifs is 1. The number of rotatable bonds is 7. The molecule has 0 radical (unpaired) electrons. The summed E-state index contributed by atoms with van der Waals surface area (Å²) >= 11 is 5.02. The Bertz CT molecular complexity index is 927. The second-order valence-corrected chi connectivity index (χ2v) is 7.26. The minimum absolute atomic E-state index is 0.356. The van der Waals surface area contributed by atoms with Crippen molar-refractivity contribution in [3.8, 4) is 11.3 Å². The molecule has 3 aromatic rings. The van der Waals surface area contributed by atoms with Crippen LogP contribution in [-0.4, -0.2) is 25.8 Å². The lowest BCUT2D eigenvalue weighted by Gasteiger charge is -2.22. The maximum Gasteiger partial charge on any atom is 0.154 e. The lowest BCUT2D eigenvalue weighted by molar-refractivity contribution is 0.112. The van der Waals surface area contributed by atoms with Crippen LogP contribution < -0.4 is 4.31 Å². The first-order valence-electron chi connectivity index (χ1n) is 7.93. The van der Waals surface area contributed by atoms with Crippen LogP contribution in [0.5, 0.6) is 0 Å². The number of furan rings is 1. The molecule has 7 heteroatoms. The Kier molecular flexibility index (Phi) is 5.98. The molecule has 136 valence electrons. The number of benzene rings is 2. The largest absolute Gasteiger partial charge is 0.455 e. The Hall–Kier alpha value is -1.86. The zero-order valence-electron chi connectivity index (χ0n) is 14.0. The summed E-state index contributed by atoms with van der Waals surface area (Å²) in [6.07, 6.45) is 3.08. The van der Waals surface area contributed by atoms with E-state index in [1.807, 2.05) is 22.7 Å². The van der Waals surface area contributed by atoms with Crippen molar-refractivity contribution in [2.24, 2.45) is 0 Å². The van der Waals surface area contributed by atoms with Crippen molar-refractivity contribution < 1.29 is 18.0 Å². The summed E-state index contributed by atoms with van der Waals surface area (Å²) in [5.41, 5.74) is 2.43. The molecule has 0 saturated carbocycles. The second-order valence-electron chi connectivity index (χ2n) is 5.60. The number of nitrogens with zero attached hydrogens (tertiary/aromatic N) is 1. The van der Waals surface area contributed by atoms with Crippen LogP contribution in [0.1, 0.15) is 16.8 Å². The van der Waals surface area contributed by atoms with Crippen molar-refractivity contribution in [1.82, 2.24) is 0 Å². The van der Waals surface area contributed by atoms with E-state index in [2.05, 4.69) is 15.9 Å². The van der Waals surface area contributed by atoms with E-state index in [0.717, 1.165) is 16.4 Å². The fourth-order valence-corrected chi connectivity index (χ4v) is 4.10. The maximum atomic E-state index is 13.2. The molecule has 3 nitrogen and oxygen atoms in total. The van der Waals surface area contributed by atoms with Gasteiger partial charge in [-0.05, 0) is 52.7 Å². The number of halogens is 3. The second kappa shape index (κ2) is 8.22. The van der Waals surface area contributed by atoms with E-state index < -0.39 is 0 Å². The van der Waals surface area contributed by atoms with Gasteiger partial charge < -0.3 is 8.72 Å². The van der Waals surface area contributed by atoms with Crippen molar-refractivity contribution >= 4 is 50.8 Å². The third-order valence-corrected chi connectivity index (χ3v) is 5.46. The minimum Gasteiger partial charge on any atom is -0.455 e. The Labute approximate surface area is 162 Å². The highest BCUT2D eigenvalue weighted by atomic mass is 79.9. The zero-order valence-corrected chi connectivity index (χ0v) is 16.4. The topological polar surface area (TPSA) is 33.5 Å². The number of aldehydes is 1. The summed E-state index contributed by atoms with van der Waals surface area (Å²) < 4.78 is 34.4. The minimum atomic E-state index is -0.387. The summed E-state index contributed by atoms with van der Waals surface area (Å²) in [6.45, 7) is 0.162. The Morgan fingerprint density at radius 1 is 1.27 bits per heavy atom. The zero-order chi connectivity index (χ0) is 18.7. The highest BCUT2D eigenvalue weighted by molar-refractivity contribution is 9.10. The summed E-state index contributed by atoms with van der Waals surface area (Å²) in [7, 11) is 0. The van der Waals surface area contributed by atoms with Crippen molar-refractivity contribution in [2.75, 3.05) is 23.8 Å². The molecule has 0 bridgehead atoms. The lowest BCUT2D eigenvalue weighted by Crippen LogP contribution is -2.16. The molecule has 0 amide bonds. The number of alkyl halides is 1. The van der Waals surface area contributed by atoms with E-state index in [0.29, 0.717) is 40.8 Å². The Balaban J connectivity index is 2.12. The van der Waals surface area contributed by atoms with Crippen LogP contribution in [0.25, 0.3) is 22.3 Å². The molecular weight excluding hydrogens is 424 g/mol. The molecule has 0 aliphatic carbocycles. The predicted octanol–water partition coefficient (Wildman–Crippen LogP) is 6.26. The standard InChI is InChI=1S/C19H16BrF2NO2S/c1-26-23(8-2-7-21)17-10-18-14(9-16(17)20)15(11-24)19(25-18)12-3-5-13(22)6-4-12/h3-6,9-11H,2,7-8H2,1H3. The van der Waals surface area contributed by atoms with E-state index >= 15 is 0 Å². The Morgan fingerprint density at radius 3 is 2.62 bits per heavy atom. The van der Waals surface area contributed by atoms with Gasteiger partial charge in [0.15, 0.2) is 6.29 Å². The molecule has 0 atom stereocenters. The van der Waals surface area contributed by atoms with Crippen LogP contribution in [0.3, 0.4) is 0 Å². The van der Waals surface area contributed by atoms with Crippen molar-refractivity contribution in [2.45, 2.75) is 6.42 Å². The highest BCUT2D eigenvalue weighted by Gasteiger charge is 2.19. The van der Waals surface area contributed by atoms with Crippen LogP contribution in [0.2, 0.25) is 0 Å². The van der Waals surface area contributed by atoms with Gasteiger partial charge in [-0.1, -0.05) is 11.9 Å². The first kappa shape index (κ1) is 18.9. The van der Waals surface area contributed by atoms with Gasteiger partial charge in [0.2, 0.25) is 0 Å². The molecule has 2 aromatic carbocycles. The van der Waals surface area contributed by atoms with Gasteiger partial charge in [0.05, 0.1) is 17.9 Å².